The van der Waals surface area contributed by atoms with Gasteiger partial charge >= 0.3 is 5.97 Å². The van der Waals surface area contributed by atoms with Crippen LogP contribution in [-0.2, 0) is 10.0 Å². The van der Waals surface area contributed by atoms with E-state index in [9.17, 15) is 13.2 Å². The summed E-state index contributed by atoms with van der Waals surface area (Å²) in [4.78, 5) is 10.8. The SMILES string of the molecule is Cc1cc(S(=O)(=O)NC(CO)(CO)CO)sc1C(=O)O. The van der Waals surface area contributed by atoms with Crippen molar-refractivity contribution in [3.63, 3.8) is 0 Å². The number of aromatic carboxylic acids is 1. The lowest BCUT2D eigenvalue weighted by Crippen LogP contribution is -2.56. The van der Waals surface area contributed by atoms with Crippen LogP contribution in [0, 0.1) is 6.92 Å². The summed E-state index contributed by atoms with van der Waals surface area (Å²) in [6, 6.07) is 1.17. The summed E-state index contributed by atoms with van der Waals surface area (Å²) in [5, 5.41) is 36.2. The number of carboxylic acids is 1. The molecule has 20 heavy (non-hydrogen) atoms. The van der Waals surface area contributed by atoms with Gasteiger partial charge in [0.05, 0.1) is 19.8 Å². The number of sulfonamides is 1. The molecular weight excluding hydrogens is 310 g/mol. The van der Waals surface area contributed by atoms with E-state index in [-0.39, 0.29) is 14.6 Å². The lowest BCUT2D eigenvalue weighted by Gasteiger charge is -2.27. The van der Waals surface area contributed by atoms with Gasteiger partial charge in [-0.1, -0.05) is 0 Å². The third-order valence-corrected chi connectivity index (χ3v) is 5.89. The van der Waals surface area contributed by atoms with Crippen molar-refractivity contribution >= 4 is 27.3 Å². The van der Waals surface area contributed by atoms with Gasteiger partial charge in [0.15, 0.2) is 0 Å². The van der Waals surface area contributed by atoms with E-state index in [4.69, 9.17) is 20.4 Å². The molecule has 1 heterocycles. The Kier molecular flexibility index (Phi) is 5.24. The highest BCUT2D eigenvalue weighted by atomic mass is 32.2. The topological polar surface area (TPSA) is 144 Å². The molecular formula is C10H15NO7S2. The summed E-state index contributed by atoms with van der Waals surface area (Å²) in [5.74, 6) is -1.24. The van der Waals surface area contributed by atoms with Crippen molar-refractivity contribution in [1.82, 2.24) is 4.72 Å². The third-order valence-electron chi connectivity index (χ3n) is 2.61. The van der Waals surface area contributed by atoms with Crippen molar-refractivity contribution in [2.75, 3.05) is 19.8 Å². The van der Waals surface area contributed by atoms with Gasteiger partial charge in [0.25, 0.3) is 10.0 Å². The van der Waals surface area contributed by atoms with Gasteiger partial charge in [0, 0.05) is 0 Å². The van der Waals surface area contributed by atoms with Gasteiger partial charge in [-0.05, 0) is 18.6 Å². The average Bonchev–Trinajstić information content (AvgIpc) is 2.79. The maximum atomic E-state index is 12.1. The molecule has 0 saturated heterocycles. The summed E-state index contributed by atoms with van der Waals surface area (Å²) < 4.78 is 25.9. The predicted octanol–water partition coefficient (Wildman–Crippen LogP) is -1.25. The molecule has 0 spiro atoms. The molecule has 0 amide bonds. The van der Waals surface area contributed by atoms with Crippen LogP contribution in [0.5, 0.6) is 0 Å². The molecule has 8 nitrogen and oxygen atoms in total. The van der Waals surface area contributed by atoms with Crippen molar-refractivity contribution in [2.24, 2.45) is 0 Å². The molecule has 0 aliphatic heterocycles. The van der Waals surface area contributed by atoms with Crippen LogP contribution in [0.4, 0.5) is 0 Å². The third kappa shape index (κ3) is 3.34. The van der Waals surface area contributed by atoms with Crippen LogP contribution < -0.4 is 4.72 Å². The molecule has 5 N–H and O–H groups in total. The van der Waals surface area contributed by atoms with Gasteiger partial charge in [-0.3, -0.25) is 0 Å². The Bertz CT molecular complexity index is 580. The summed E-state index contributed by atoms with van der Waals surface area (Å²) in [7, 11) is -4.16. The van der Waals surface area contributed by atoms with Gasteiger partial charge in [-0.15, -0.1) is 11.3 Å². The monoisotopic (exact) mass is 325 g/mol. The second kappa shape index (κ2) is 6.16. The zero-order chi connectivity index (χ0) is 15.6. The number of carbonyl (C=O) groups is 1. The van der Waals surface area contributed by atoms with Crippen LogP contribution in [-0.4, -0.2) is 60.2 Å². The first-order valence-electron chi connectivity index (χ1n) is 5.41. The number of rotatable bonds is 7. The molecule has 0 radical (unpaired) electrons. The molecule has 0 aliphatic carbocycles. The number of aliphatic hydroxyl groups is 3. The molecule has 0 aromatic carbocycles. The molecule has 1 rings (SSSR count). The Morgan fingerprint density at radius 3 is 2.15 bits per heavy atom. The second-order valence-electron chi connectivity index (χ2n) is 4.24. The smallest absolute Gasteiger partial charge is 0.346 e. The number of nitrogens with one attached hydrogen (secondary N) is 1. The number of hydrogen-bond donors (Lipinski definition) is 5. The van der Waals surface area contributed by atoms with E-state index in [0.717, 1.165) is 0 Å². The first kappa shape index (κ1) is 17.0. The van der Waals surface area contributed by atoms with Gasteiger partial charge in [0.1, 0.15) is 14.6 Å². The lowest BCUT2D eigenvalue weighted by atomic mass is 10.1. The van der Waals surface area contributed by atoms with E-state index < -0.39 is 41.4 Å². The molecule has 1 aromatic heterocycles. The fourth-order valence-electron chi connectivity index (χ4n) is 1.38. The van der Waals surface area contributed by atoms with Crippen molar-refractivity contribution in [1.29, 1.82) is 0 Å². The van der Waals surface area contributed by atoms with Gasteiger partial charge in [-0.2, -0.15) is 4.72 Å². The van der Waals surface area contributed by atoms with E-state index in [1.807, 2.05) is 4.72 Å². The first-order valence-corrected chi connectivity index (χ1v) is 7.71. The molecule has 0 atom stereocenters. The summed E-state index contributed by atoms with van der Waals surface area (Å²) >= 11 is 0.552. The number of thiophene rings is 1. The van der Waals surface area contributed by atoms with Crippen molar-refractivity contribution in [2.45, 2.75) is 16.7 Å². The Balaban J connectivity index is 3.17. The van der Waals surface area contributed by atoms with E-state index in [2.05, 4.69) is 0 Å². The Morgan fingerprint density at radius 1 is 1.30 bits per heavy atom. The molecule has 0 fully saturated rings. The van der Waals surface area contributed by atoms with Crippen LogP contribution in [0.25, 0.3) is 0 Å². The van der Waals surface area contributed by atoms with E-state index in [1.54, 1.807) is 0 Å². The fraction of sp³-hybridized carbons (Fsp3) is 0.500. The fourth-order valence-corrected chi connectivity index (χ4v) is 4.13. The molecule has 0 unspecified atom stereocenters. The summed E-state index contributed by atoms with van der Waals surface area (Å²) in [6.07, 6.45) is 0. The molecule has 1 aromatic rings. The number of aryl methyl sites for hydroxylation is 1. The van der Waals surface area contributed by atoms with Crippen LogP contribution in [0.1, 0.15) is 15.2 Å². The molecule has 0 saturated carbocycles. The van der Waals surface area contributed by atoms with Gasteiger partial charge < -0.3 is 20.4 Å². The van der Waals surface area contributed by atoms with Gasteiger partial charge in [-0.25, -0.2) is 13.2 Å². The van der Waals surface area contributed by atoms with E-state index >= 15 is 0 Å². The number of aliphatic hydroxyl groups excluding tert-OH is 3. The lowest BCUT2D eigenvalue weighted by molar-refractivity contribution is 0.0582. The second-order valence-corrected chi connectivity index (χ2v) is 7.20. The predicted molar refractivity (Wildman–Crippen MR) is 70.3 cm³/mol. The van der Waals surface area contributed by atoms with Crippen molar-refractivity contribution in [3.05, 3.63) is 16.5 Å². The first-order chi connectivity index (χ1) is 9.21. The van der Waals surface area contributed by atoms with Crippen molar-refractivity contribution < 1.29 is 33.6 Å². The standard InChI is InChI=1S/C10H15NO7S2/c1-6-2-7(19-8(6)9(15)16)20(17,18)11-10(3-12,4-13)5-14/h2,11-14H,3-5H2,1H3,(H,15,16). The minimum atomic E-state index is -4.16. The highest BCUT2D eigenvalue weighted by molar-refractivity contribution is 7.91. The minimum Gasteiger partial charge on any atom is -0.477 e. The molecule has 0 aliphatic rings. The Hall–Kier alpha value is -1.04. The van der Waals surface area contributed by atoms with Crippen LogP contribution >= 0.6 is 11.3 Å². The minimum absolute atomic E-state index is 0.118. The maximum absolute atomic E-state index is 12.1. The zero-order valence-electron chi connectivity index (χ0n) is 10.5. The molecule has 10 heteroatoms. The molecule has 114 valence electrons. The largest absolute Gasteiger partial charge is 0.477 e. The maximum Gasteiger partial charge on any atom is 0.346 e. The Labute approximate surface area is 119 Å². The van der Waals surface area contributed by atoms with Crippen LogP contribution in [0.2, 0.25) is 0 Å². The van der Waals surface area contributed by atoms with Crippen molar-refractivity contribution in [3.8, 4) is 0 Å². The van der Waals surface area contributed by atoms with E-state index in [1.165, 1.54) is 13.0 Å². The summed E-state index contributed by atoms with van der Waals surface area (Å²) in [6.45, 7) is -0.976. The summed E-state index contributed by atoms with van der Waals surface area (Å²) in [5.41, 5.74) is -1.52. The zero-order valence-corrected chi connectivity index (χ0v) is 12.2. The van der Waals surface area contributed by atoms with Crippen LogP contribution in [0.15, 0.2) is 10.3 Å². The van der Waals surface area contributed by atoms with Gasteiger partial charge in [0.2, 0.25) is 0 Å². The molecule has 0 bridgehead atoms. The Morgan fingerprint density at radius 2 is 1.80 bits per heavy atom. The quantitative estimate of drug-likeness (QED) is 0.421. The normalized spacial score (nSPS) is 12.6. The number of hydrogen-bond acceptors (Lipinski definition) is 7. The highest BCUT2D eigenvalue weighted by Crippen LogP contribution is 2.26. The van der Waals surface area contributed by atoms with Crippen LogP contribution in [0.3, 0.4) is 0 Å². The number of carboxylic acid groups (broad SMARTS) is 1. The van der Waals surface area contributed by atoms with E-state index in [0.29, 0.717) is 11.3 Å². The average molecular weight is 325 g/mol. The highest BCUT2D eigenvalue weighted by Gasteiger charge is 2.35.